The first kappa shape index (κ1) is 15.5. The van der Waals surface area contributed by atoms with Crippen LogP contribution in [0.15, 0.2) is 24.3 Å². The number of carbonyl (C=O) groups excluding carboxylic acids is 1. The lowest BCUT2D eigenvalue weighted by molar-refractivity contribution is 0.0946. The molecule has 19 heavy (non-hydrogen) atoms. The normalized spacial score (nSPS) is 10.5. The minimum atomic E-state index is -0.00561. The minimum Gasteiger partial charge on any atom is -0.494 e. The molecule has 0 saturated heterocycles. The average Bonchev–Trinajstić information content (AvgIpc) is 2.46. The van der Waals surface area contributed by atoms with Crippen molar-refractivity contribution in [3.05, 3.63) is 29.8 Å². The number of ether oxygens (including phenoxy) is 1. The van der Waals surface area contributed by atoms with Crippen LogP contribution in [-0.2, 0) is 0 Å². The Balaban J connectivity index is 2.48. The maximum absolute atomic E-state index is 12.0. The van der Waals surface area contributed by atoms with Crippen molar-refractivity contribution in [3.63, 3.8) is 0 Å². The van der Waals surface area contributed by atoms with E-state index in [2.05, 4.69) is 26.1 Å². The summed E-state index contributed by atoms with van der Waals surface area (Å²) in [5, 5.41) is 2.98. The van der Waals surface area contributed by atoms with Gasteiger partial charge < -0.3 is 10.1 Å². The fourth-order valence-electron chi connectivity index (χ4n) is 1.84. The molecule has 1 aromatic carbocycles. The van der Waals surface area contributed by atoms with Gasteiger partial charge in [-0.05, 0) is 36.6 Å². The molecule has 0 heterocycles. The molecule has 0 atom stereocenters. The lowest BCUT2D eigenvalue weighted by Gasteiger charge is -2.13. The zero-order chi connectivity index (χ0) is 14.1. The second-order valence-electron chi connectivity index (χ2n) is 4.77. The highest BCUT2D eigenvalue weighted by Gasteiger charge is 2.08. The maximum atomic E-state index is 12.0. The molecule has 0 aromatic heterocycles. The van der Waals surface area contributed by atoms with Gasteiger partial charge in [-0.3, -0.25) is 4.79 Å². The lowest BCUT2D eigenvalue weighted by Crippen LogP contribution is -2.28. The molecule has 1 aromatic rings. The van der Waals surface area contributed by atoms with Gasteiger partial charge in [0.2, 0.25) is 0 Å². The van der Waals surface area contributed by atoms with E-state index in [1.165, 1.54) is 0 Å². The van der Waals surface area contributed by atoms with Gasteiger partial charge in [-0.2, -0.15) is 0 Å². The van der Waals surface area contributed by atoms with E-state index in [9.17, 15) is 4.79 Å². The zero-order valence-electron chi connectivity index (χ0n) is 12.2. The van der Waals surface area contributed by atoms with Gasteiger partial charge in [0, 0.05) is 12.1 Å². The molecule has 3 heteroatoms. The highest BCUT2D eigenvalue weighted by Crippen LogP contribution is 2.13. The summed E-state index contributed by atoms with van der Waals surface area (Å²) in [5.74, 6) is 1.38. The Morgan fingerprint density at radius 1 is 1.16 bits per heavy atom. The second kappa shape index (κ2) is 8.57. The van der Waals surface area contributed by atoms with Crippen molar-refractivity contribution in [1.29, 1.82) is 0 Å². The first-order valence-electron chi connectivity index (χ1n) is 7.22. The van der Waals surface area contributed by atoms with E-state index in [1.807, 2.05) is 24.3 Å². The molecule has 0 aliphatic rings. The Kier molecular flexibility index (Phi) is 7.01. The van der Waals surface area contributed by atoms with Crippen molar-refractivity contribution < 1.29 is 9.53 Å². The standard InChI is InChI=1S/C16H25NO2/c1-4-11-19-15-9-7-14(8-10-15)16(18)17-12-13(5-2)6-3/h7-10,13H,4-6,11-12H2,1-3H3,(H,17,18). The van der Waals surface area contributed by atoms with Crippen molar-refractivity contribution >= 4 is 5.91 Å². The van der Waals surface area contributed by atoms with Crippen LogP contribution in [0.3, 0.4) is 0 Å². The molecule has 0 fully saturated rings. The van der Waals surface area contributed by atoms with Crippen LogP contribution >= 0.6 is 0 Å². The summed E-state index contributed by atoms with van der Waals surface area (Å²) in [6, 6.07) is 7.32. The van der Waals surface area contributed by atoms with Crippen LogP contribution in [0.2, 0.25) is 0 Å². The van der Waals surface area contributed by atoms with Crippen LogP contribution < -0.4 is 10.1 Å². The third kappa shape index (κ3) is 5.33. The van der Waals surface area contributed by atoms with Gasteiger partial charge >= 0.3 is 0 Å². The van der Waals surface area contributed by atoms with E-state index < -0.39 is 0 Å². The van der Waals surface area contributed by atoms with E-state index in [-0.39, 0.29) is 5.91 Å². The quantitative estimate of drug-likeness (QED) is 0.777. The first-order chi connectivity index (χ1) is 9.21. The molecule has 0 radical (unpaired) electrons. The van der Waals surface area contributed by atoms with Crippen molar-refractivity contribution in [1.82, 2.24) is 5.32 Å². The van der Waals surface area contributed by atoms with Crippen molar-refractivity contribution in [2.75, 3.05) is 13.2 Å². The molecule has 0 saturated carbocycles. The number of benzene rings is 1. The Morgan fingerprint density at radius 3 is 2.32 bits per heavy atom. The summed E-state index contributed by atoms with van der Waals surface area (Å²) in [6.07, 6.45) is 3.18. The number of nitrogens with one attached hydrogen (secondary N) is 1. The molecule has 1 amide bonds. The summed E-state index contributed by atoms with van der Waals surface area (Å²) < 4.78 is 5.49. The molecular formula is C16H25NO2. The minimum absolute atomic E-state index is 0.00561. The predicted molar refractivity (Wildman–Crippen MR) is 78.6 cm³/mol. The Labute approximate surface area is 116 Å². The predicted octanol–water partition coefficient (Wildman–Crippen LogP) is 3.64. The highest BCUT2D eigenvalue weighted by atomic mass is 16.5. The molecule has 0 unspecified atom stereocenters. The number of amides is 1. The summed E-state index contributed by atoms with van der Waals surface area (Å²) in [7, 11) is 0. The summed E-state index contributed by atoms with van der Waals surface area (Å²) >= 11 is 0. The molecule has 0 spiro atoms. The number of hydrogen-bond donors (Lipinski definition) is 1. The van der Waals surface area contributed by atoms with Gasteiger partial charge in [-0.1, -0.05) is 33.6 Å². The van der Waals surface area contributed by atoms with Crippen LogP contribution in [-0.4, -0.2) is 19.1 Å². The van der Waals surface area contributed by atoms with Crippen LogP contribution in [0.5, 0.6) is 5.75 Å². The summed E-state index contributed by atoms with van der Waals surface area (Å²) in [4.78, 5) is 12.0. The van der Waals surface area contributed by atoms with E-state index in [4.69, 9.17) is 4.74 Å². The van der Waals surface area contributed by atoms with Gasteiger partial charge in [0.1, 0.15) is 5.75 Å². The summed E-state index contributed by atoms with van der Waals surface area (Å²) in [5.41, 5.74) is 0.690. The fraction of sp³-hybridized carbons (Fsp3) is 0.562. The van der Waals surface area contributed by atoms with Crippen LogP contribution in [0.1, 0.15) is 50.4 Å². The van der Waals surface area contributed by atoms with Gasteiger partial charge in [0.05, 0.1) is 6.61 Å². The number of carbonyl (C=O) groups is 1. The van der Waals surface area contributed by atoms with E-state index >= 15 is 0 Å². The third-order valence-corrected chi connectivity index (χ3v) is 3.30. The monoisotopic (exact) mass is 263 g/mol. The van der Waals surface area contributed by atoms with Gasteiger partial charge in [0.25, 0.3) is 5.91 Å². The smallest absolute Gasteiger partial charge is 0.251 e. The Hall–Kier alpha value is -1.51. The third-order valence-electron chi connectivity index (χ3n) is 3.30. The second-order valence-corrected chi connectivity index (χ2v) is 4.77. The Morgan fingerprint density at radius 2 is 1.79 bits per heavy atom. The molecule has 1 N–H and O–H groups in total. The molecule has 0 bridgehead atoms. The largest absolute Gasteiger partial charge is 0.494 e. The molecule has 1 rings (SSSR count). The van der Waals surface area contributed by atoms with E-state index in [1.54, 1.807) is 0 Å². The molecule has 3 nitrogen and oxygen atoms in total. The fourth-order valence-corrected chi connectivity index (χ4v) is 1.84. The van der Waals surface area contributed by atoms with Crippen LogP contribution in [0, 0.1) is 5.92 Å². The molecule has 0 aliphatic carbocycles. The van der Waals surface area contributed by atoms with Gasteiger partial charge in [0.15, 0.2) is 0 Å². The topological polar surface area (TPSA) is 38.3 Å². The van der Waals surface area contributed by atoms with Crippen molar-refractivity contribution in [2.24, 2.45) is 5.92 Å². The van der Waals surface area contributed by atoms with Crippen molar-refractivity contribution in [3.8, 4) is 5.75 Å². The number of rotatable bonds is 8. The van der Waals surface area contributed by atoms with Crippen LogP contribution in [0.25, 0.3) is 0 Å². The zero-order valence-corrected chi connectivity index (χ0v) is 12.2. The molecule has 106 valence electrons. The highest BCUT2D eigenvalue weighted by molar-refractivity contribution is 5.94. The van der Waals surface area contributed by atoms with Gasteiger partial charge in [-0.15, -0.1) is 0 Å². The first-order valence-corrected chi connectivity index (χ1v) is 7.22. The van der Waals surface area contributed by atoms with E-state index in [0.717, 1.165) is 31.6 Å². The summed E-state index contributed by atoms with van der Waals surface area (Å²) in [6.45, 7) is 7.83. The SMILES string of the molecule is CCCOc1ccc(C(=O)NCC(CC)CC)cc1. The number of hydrogen-bond acceptors (Lipinski definition) is 2. The molecular weight excluding hydrogens is 238 g/mol. The maximum Gasteiger partial charge on any atom is 0.251 e. The van der Waals surface area contributed by atoms with Gasteiger partial charge in [-0.25, -0.2) is 0 Å². The molecule has 0 aliphatic heterocycles. The average molecular weight is 263 g/mol. The van der Waals surface area contributed by atoms with E-state index in [0.29, 0.717) is 18.1 Å². The Bertz CT molecular complexity index is 369. The van der Waals surface area contributed by atoms with Crippen LogP contribution in [0.4, 0.5) is 0 Å². The lowest BCUT2D eigenvalue weighted by atomic mass is 10.0. The van der Waals surface area contributed by atoms with Crippen molar-refractivity contribution in [2.45, 2.75) is 40.0 Å².